The van der Waals surface area contributed by atoms with E-state index in [-0.39, 0.29) is 17.1 Å². The smallest absolute Gasteiger partial charge is 0.240 e. The number of nitrogens with zero attached hydrogens (tertiary/aromatic N) is 2. The molecule has 134 valence electrons. The van der Waals surface area contributed by atoms with Crippen molar-refractivity contribution in [2.24, 2.45) is 0 Å². The molecule has 2 aromatic carbocycles. The molecule has 4 aromatic rings. The molecule has 1 aliphatic rings. The van der Waals surface area contributed by atoms with Crippen molar-refractivity contribution >= 4 is 57.2 Å². The van der Waals surface area contributed by atoms with E-state index in [0.29, 0.717) is 27.5 Å². The minimum atomic E-state index is -0.516. The summed E-state index contributed by atoms with van der Waals surface area (Å²) in [5, 5.41) is 0.332. The minimum Gasteiger partial charge on any atom is -0.464 e. The lowest BCUT2D eigenvalue weighted by Gasteiger charge is -2.20. The molecular weight excluding hydrogens is 386 g/mol. The number of imidazole rings is 1. The molecule has 0 saturated carbocycles. The zero-order valence-electron chi connectivity index (χ0n) is 13.8. The van der Waals surface area contributed by atoms with E-state index in [4.69, 9.17) is 16.0 Å². The van der Waals surface area contributed by atoms with Crippen molar-refractivity contribution in [3.8, 4) is 0 Å². The summed E-state index contributed by atoms with van der Waals surface area (Å²) in [6, 6.07) is 12.4. The van der Waals surface area contributed by atoms with E-state index < -0.39 is 5.37 Å². The number of rotatable bonds is 2. The van der Waals surface area contributed by atoms with Crippen LogP contribution in [-0.4, -0.2) is 21.6 Å². The first-order valence-electron chi connectivity index (χ1n) is 8.21. The second kappa shape index (κ2) is 6.14. The van der Waals surface area contributed by atoms with Crippen molar-refractivity contribution in [1.29, 1.82) is 0 Å². The number of aromatic nitrogens is 2. The maximum atomic E-state index is 13.0. The van der Waals surface area contributed by atoms with Crippen LogP contribution in [0.3, 0.4) is 0 Å². The van der Waals surface area contributed by atoms with Gasteiger partial charge >= 0.3 is 0 Å². The Morgan fingerprint density at radius 3 is 2.93 bits per heavy atom. The van der Waals surface area contributed by atoms with Gasteiger partial charge in [-0.15, -0.1) is 11.8 Å². The fourth-order valence-electron chi connectivity index (χ4n) is 3.23. The van der Waals surface area contributed by atoms with Gasteiger partial charge in [0.25, 0.3) is 0 Å². The molecule has 6 nitrogen and oxygen atoms in total. The zero-order chi connectivity index (χ0) is 18.5. The largest absolute Gasteiger partial charge is 0.464 e. The first kappa shape index (κ1) is 16.4. The number of benzene rings is 2. The number of thioether (sulfide) groups is 1. The molecule has 1 aliphatic heterocycles. The Hall–Kier alpha value is -2.77. The van der Waals surface area contributed by atoms with Crippen LogP contribution in [-0.2, 0) is 4.79 Å². The van der Waals surface area contributed by atoms with Crippen LogP contribution in [0, 0.1) is 0 Å². The highest BCUT2D eigenvalue weighted by Gasteiger charge is 2.38. The lowest BCUT2D eigenvalue weighted by molar-refractivity contribution is -0.115. The Labute approximate surface area is 162 Å². The van der Waals surface area contributed by atoms with Gasteiger partial charge in [-0.2, -0.15) is 0 Å². The molecule has 8 heteroatoms. The van der Waals surface area contributed by atoms with Crippen molar-refractivity contribution in [2.75, 3.05) is 10.7 Å². The minimum absolute atomic E-state index is 0.116. The van der Waals surface area contributed by atoms with Crippen LogP contribution in [0.15, 0.2) is 57.9 Å². The van der Waals surface area contributed by atoms with Crippen molar-refractivity contribution in [1.82, 2.24) is 9.97 Å². The fraction of sp³-hybridized carbons (Fsp3) is 0.105. The summed E-state index contributed by atoms with van der Waals surface area (Å²) >= 11 is 7.40. The molecule has 1 N–H and O–H groups in total. The molecule has 3 heterocycles. The summed E-state index contributed by atoms with van der Waals surface area (Å²) in [6.07, 6.45) is 1.42. The average Bonchev–Trinajstić information content (AvgIpc) is 3.25. The third-order valence-corrected chi connectivity index (χ3v) is 5.93. The molecular formula is C19H12ClN3O3S. The maximum absolute atomic E-state index is 13.0. The molecule has 1 saturated heterocycles. The number of nitrogens with one attached hydrogen (secondary N) is 1. The van der Waals surface area contributed by atoms with Gasteiger partial charge in [-0.25, -0.2) is 4.98 Å². The SMILES string of the molecule is O=C1CSC(c2coc3ccc(Cl)cc3c2=O)N1c1nc2ccccc2[nH]1. The molecule has 1 amide bonds. The number of aromatic amines is 1. The molecule has 0 aliphatic carbocycles. The van der Waals surface area contributed by atoms with Gasteiger partial charge in [0.2, 0.25) is 11.9 Å². The molecule has 5 rings (SSSR count). The Kier molecular flexibility index (Phi) is 3.73. The van der Waals surface area contributed by atoms with E-state index in [1.807, 2.05) is 24.3 Å². The summed E-state index contributed by atoms with van der Waals surface area (Å²) < 4.78 is 5.63. The fourth-order valence-corrected chi connectivity index (χ4v) is 4.55. The second-order valence-corrected chi connectivity index (χ2v) is 7.67. The van der Waals surface area contributed by atoms with Gasteiger partial charge in [-0.3, -0.25) is 14.5 Å². The van der Waals surface area contributed by atoms with Gasteiger partial charge in [-0.1, -0.05) is 23.7 Å². The number of anilines is 1. The molecule has 27 heavy (non-hydrogen) atoms. The van der Waals surface area contributed by atoms with Gasteiger partial charge in [-0.05, 0) is 30.3 Å². The molecule has 1 fully saturated rings. The molecule has 0 spiro atoms. The van der Waals surface area contributed by atoms with Crippen molar-refractivity contribution in [3.05, 3.63) is 69.5 Å². The van der Waals surface area contributed by atoms with Crippen LogP contribution in [0.5, 0.6) is 0 Å². The van der Waals surface area contributed by atoms with Gasteiger partial charge < -0.3 is 9.40 Å². The average molecular weight is 398 g/mol. The number of hydrogen-bond acceptors (Lipinski definition) is 5. The highest BCUT2D eigenvalue weighted by atomic mass is 35.5. The number of fused-ring (bicyclic) bond motifs is 2. The van der Waals surface area contributed by atoms with E-state index in [9.17, 15) is 9.59 Å². The predicted molar refractivity (Wildman–Crippen MR) is 106 cm³/mol. The number of para-hydroxylation sites is 2. The lowest BCUT2D eigenvalue weighted by atomic mass is 10.1. The number of carbonyl (C=O) groups excluding carboxylic acids is 1. The van der Waals surface area contributed by atoms with Gasteiger partial charge in [0.05, 0.1) is 27.7 Å². The molecule has 2 aromatic heterocycles. The van der Waals surface area contributed by atoms with E-state index >= 15 is 0 Å². The number of H-pyrrole nitrogens is 1. The van der Waals surface area contributed by atoms with Gasteiger partial charge in [0, 0.05) is 5.02 Å². The molecule has 0 bridgehead atoms. The van der Waals surface area contributed by atoms with Crippen LogP contribution in [0.4, 0.5) is 5.95 Å². The topological polar surface area (TPSA) is 79.2 Å². The first-order valence-corrected chi connectivity index (χ1v) is 9.64. The summed E-state index contributed by atoms with van der Waals surface area (Å²) in [5.41, 5.74) is 2.23. The van der Waals surface area contributed by atoms with E-state index in [1.165, 1.54) is 22.9 Å². The standard InChI is InChI=1S/C19H12ClN3O3S/c20-10-5-6-15-11(7-10)17(25)12(8-26-15)18-23(16(24)9-27-18)19-21-13-3-1-2-4-14(13)22-19/h1-8,18H,9H2,(H,21,22). The Morgan fingerprint density at radius 2 is 2.07 bits per heavy atom. The molecule has 0 radical (unpaired) electrons. The number of carbonyl (C=O) groups is 1. The number of hydrogen-bond donors (Lipinski definition) is 1. The van der Waals surface area contributed by atoms with E-state index in [1.54, 1.807) is 18.2 Å². The van der Waals surface area contributed by atoms with Crippen LogP contribution in [0.2, 0.25) is 5.02 Å². The number of halogens is 1. The highest BCUT2D eigenvalue weighted by molar-refractivity contribution is 8.00. The summed E-state index contributed by atoms with van der Waals surface area (Å²) in [5.74, 6) is 0.561. The zero-order valence-corrected chi connectivity index (χ0v) is 15.4. The molecule has 1 unspecified atom stereocenters. The summed E-state index contributed by atoms with van der Waals surface area (Å²) in [7, 11) is 0. The van der Waals surface area contributed by atoms with E-state index in [2.05, 4.69) is 9.97 Å². The second-order valence-electron chi connectivity index (χ2n) is 6.17. The highest BCUT2D eigenvalue weighted by Crippen LogP contribution is 2.40. The third kappa shape index (κ3) is 2.62. The molecule has 1 atom stereocenters. The van der Waals surface area contributed by atoms with Crippen molar-refractivity contribution in [2.45, 2.75) is 5.37 Å². The van der Waals surface area contributed by atoms with Gasteiger partial charge in [0.15, 0.2) is 5.43 Å². The predicted octanol–water partition coefficient (Wildman–Crippen LogP) is 4.10. The van der Waals surface area contributed by atoms with Crippen LogP contribution in [0.25, 0.3) is 22.0 Å². The van der Waals surface area contributed by atoms with Crippen molar-refractivity contribution < 1.29 is 9.21 Å². The Morgan fingerprint density at radius 1 is 1.22 bits per heavy atom. The van der Waals surface area contributed by atoms with Crippen molar-refractivity contribution in [3.63, 3.8) is 0 Å². The van der Waals surface area contributed by atoms with Crippen LogP contribution < -0.4 is 10.3 Å². The third-order valence-electron chi connectivity index (χ3n) is 4.50. The number of amides is 1. The summed E-state index contributed by atoms with van der Waals surface area (Å²) in [6.45, 7) is 0. The quantitative estimate of drug-likeness (QED) is 0.550. The normalized spacial score (nSPS) is 17.3. The van der Waals surface area contributed by atoms with Crippen LogP contribution in [0.1, 0.15) is 10.9 Å². The maximum Gasteiger partial charge on any atom is 0.240 e. The summed E-state index contributed by atoms with van der Waals surface area (Å²) in [4.78, 5) is 34.8. The Bertz CT molecular complexity index is 1230. The monoisotopic (exact) mass is 397 g/mol. The van der Waals surface area contributed by atoms with E-state index in [0.717, 1.165) is 11.0 Å². The first-order chi connectivity index (χ1) is 13.1. The lowest BCUT2D eigenvalue weighted by Crippen LogP contribution is -2.31. The van der Waals surface area contributed by atoms with Crippen LogP contribution >= 0.6 is 23.4 Å². The Balaban J connectivity index is 1.65. The van der Waals surface area contributed by atoms with Gasteiger partial charge in [0.1, 0.15) is 17.2 Å².